The molecule has 1 aliphatic heterocycles. The lowest BCUT2D eigenvalue weighted by molar-refractivity contribution is -0.124. The maximum absolute atomic E-state index is 12.4. The Kier molecular flexibility index (Phi) is 4.96. The summed E-state index contributed by atoms with van der Waals surface area (Å²) in [5, 5.41) is 9.06. The summed E-state index contributed by atoms with van der Waals surface area (Å²) in [5.74, 6) is -0.275. The number of thiophene rings is 1. The minimum atomic E-state index is -0.749. The Balaban J connectivity index is 1.79. The molecular formula is C16H20N4O3S. The first kappa shape index (κ1) is 16.7. The molecule has 2 atom stereocenters. The first-order chi connectivity index (χ1) is 11.6. The van der Waals surface area contributed by atoms with Gasteiger partial charge in [-0.05, 0) is 37.3 Å². The normalized spacial score (nSPS) is 18.5. The van der Waals surface area contributed by atoms with Crippen LogP contribution in [0.15, 0.2) is 28.4 Å². The maximum atomic E-state index is 12.4. The van der Waals surface area contributed by atoms with E-state index in [1.807, 2.05) is 17.5 Å². The number of amides is 1. The molecule has 1 fully saturated rings. The Morgan fingerprint density at radius 1 is 1.62 bits per heavy atom. The minimum Gasteiger partial charge on any atom is -0.394 e. The number of hydrogen-bond donors (Lipinski definition) is 2. The van der Waals surface area contributed by atoms with Crippen LogP contribution in [0.2, 0.25) is 0 Å². The quantitative estimate of drug-likeness (QED) is 0.851. The fraction of sp³-hybridized carbons (Fsp3) is 0.438. The van der Waals surface area contributed by atoms with E-state index in [4.69, 9.17) is 10.5 Å². The average molecular weight is 348 g/mol. The van der Waals surface area contributed by atoms with Crippen molar-refractivity contribution < 1.29 is 9.53 Å². The van der Waals surface area contributed by atoms with E-state index in [0.29, 0.717) is 12.2 Å². The number of nitrogens with one attached hydrogen (secondary N) is 1. The Hall–Kier alpha value is -2.19. The van der Waals surface area contributed by atoms with Crippen LogP contribution in [0.3, 0.4) is 0 Å². The smallest absolute Gasteiger partial charge is 0.290 e. The minimum absolute atomic E-state index is 0.0494. The van der Waals surface area contributed by atoms with E-state index >= 15 is 0 Å². The molecule has 0 bridgehead atoms. The summed E-state index contributed by atoms with van der Waals surface area (Å²) in [5.41, 5.74) is 6.02. The van der Waals surface area contributed by atoms with Crippen LogP contribution >= 0.6 is 11.3 Å². The predicted molar refractivity (Wildman–Crippen MR) is 92.9 cm³/mol. The topological polar surface area (TPSA) is 99.2 Å². The van der Waals surface area contributed by atoms with Crippen LogP contribution in [-0.2, 0) is 9.53 Å². The van der Waals surface area contributed by atoms with Crippen molar-refractivity contribution in [2.45, 2.75) is 31.9 Å². The molecule has 2 aromatic heterocycles. The Morgan fingerprint density at radius 2 is 2.46 bits per heavy atom. The van der Waals surface area contributed by atoms with Gasteiger partial charge in [-0.2, -0.15) is 5.10 Å². The predicted octanol–water partition coefficient (Wildman–Crippen LogP) is 1.41. The van der Waals surface area contributed by atoms with Gasteiger partial charge in [0.1, 0.15) is 17.4 Å². The van der Waals surface area contributed by atoms with Gasteiger partial charge in [0.2, 0.25) is 5.91 Å². The molecule has 3 rings (SSSR count). The van der Waals surface area contributed by atoms with Crippen molar-refractivity contribution in [2.75, 3.05) is 18.9 Å². The second kappa shape index (κ2) is 7.14. The molecule has 1 amide bonds. The number of nitrogen functional groups attached to an aromatic ring is 1. The highest BCUT2D eigenvalue weighted by molar-refractivity contribution is 7.13. The van der Waals surface area contributed by atoms with Crippen LogP contribution in [0.5, 0.6) is 0 Å². The molecule has 0 aromatic carbocycles. The summed E-state index contributed by atoms with van der Waals surface area (Å²) in [6, 6.07) is 4.58. The lowest BCUT2D eigenvalue weighted by Crippen LogP contribution is -2.40. The van der Waals surface area contributed by atoms with Crippen LogP contribution in [0.25, 0.3) is 10.6 Å². The number of aromatic nitrogens is 2. The summed E-state index contributed by atoms with van der Waals surface area (Å²) in [7, 11) is 0. The van der Waals surface area contributed by atoms with Crippen molar-refractivity contribution in [1.29, 1.82) is 0 Å². The fourth-order valence-electron chi connectivity index (χ4n) is 2.62. The largest absolute Gasteiger partial charge is 0.394 e. The fourth-order valence-corrected chi connectivity index (χ4v) is 3.30. The van der Waals surface area contributed by atoms with Crippen molar-refractivity contribution in [3.8, 4) is 10.6 Å². The molecular weight excluding hydrogens is 328 g/mol. The number of anilines is 1. The molecule has 24 heavy (non-hydrogen) atoms. The van der Waals surface area contributed by atoms with Gasteiger partial charge in [0.15, 0.2) is 0 Å². The van der Waals surface area contributed by atoms with Gasteiger partial charge in [-0.25, -0.2) is 4.68 Å². The highest BCUT2D eigenvalue weighted by atomic mass is 32.1. The van der Waals surface area contributed by atoms with Gasteiger partial charge in [0.25, 0.3) is 5.56 Å². The van der Waals surface area contributed by atoms with Crippen LogP contribution in [0, 0.1) is 0 Å². The summed E-state index contributed by atoms with van der Waals surface area (Å²) >= 11 is 1.50. The van der Waals surface area contributed by atoms with Crippen molar-refractivity contribution in [1.82, 2.24) is 15.1 Å². The first-order valence-corrected chi connectivity index (χ1v) is 8.76. The molecule has 2 aromatic rings. The SMILES string of the molecule is CC(C(=O)NCC1CCCO1)n1nc(-c2cccs2)cc(N)c1=O. The zero-order valence-electron chi connectivity index (χ0n) is 13.4. The number of nitrogens with zero attached hydrogens (tertiary/aromatic N) is 2. The number of carbonyl (C=O) groups is 1. The summed E-state index contributed by atoms with van der Waals surface area (Å²) < 4.78 is 6.63. The third-order valence-electron chi connectivity index (χ3n) is 4.01. The molecule has 3 N–H and O–H groups in total. The molecule has 0 radical (unpaired) electrons. The van der Waals surface area contributed by atoms with E-state index in [1.54, 1.807) is 13.0 Å². The van der Waals surface area contributed by atoms with Crippen molar-refractivity contribution in [3.05, 3.63) is 33.9 Å². The molecule has 7 nitrogen and oxygen atoms in total. The zero-order chi connectivity index (χ0) is 17.1. The number of hydrogen-bond acceptors (Lipinski definition) is 6. The average Bonchev–Trinajstić information content (AvgIpc) is 3.27. The van der Waals surface area contributed by atoms with E-state index < -0.39 is 11.6 Å². The molecule has 3 heterocycles. The van der Waals surface area contributed by atoms with Gasteiger partial charge >= 0.3 is 0 Å². The second-order valence-electron chi connectivity index (χ2n) is 5.77. The third-order valence-corrected chi connectivity index (χ3v) is 4.90. The Bertz CT molecular complexity index is 766. The summed E-state index contributed by atoms with van der Waals surface area (Å²) in [6.45, 7) is 2.81. The Labute approximate surface area is 143 Å². The first-order valence-electron chi connectivity index (χ1n) is 7.89. The highest BCUT2D eigenvalue weighted by Crippen LogP contribution is 2.23. The van der Waals surface area contributed by atoms with Gasteiger partial charge in [-0.1, -0.05) is 6.07 Å². The van der Waals surface area contributed by atoms with Crippen LogP contribution in [-0.4, -0.2) is 34.9 Å². The van der Waals surface area contributed by atoms with E-state index in [-0.39, 0.29) is 17.7 Å². The van der Waals surface area contributed by atoms with Crippen LogP contribution in [0.1, 0.15) is 25.8 Å². The van der Waals surface area contributed by atoms with E-state index in [9.17, 15) is 9.59 Å². The van der Waals surface area contributed by atoms with Gasteiger partial charge in [0, 0.05) is 13.2 Å². The van der Waals surface area contributed by atoms with Crippen molar-refractivity contribution >= 4 is 22.9 Å². The van der Waals surface area contributed by atoms with E-state index in [0.717, 1.165) is 29.0 Å². The van der Waals surface area contributed by atoms with E-state index in [1.165, 1.54) is 11.3 Å². The molecule has 0 saturated carbocycles. The zero-order valence-corrected chi connectivity index (χ0v) is 14.2. The number of rotatable bonds is 5. The second-order valence-corrected chi connectivity index (χ2v) is 6.72. The van der Waals surface area contributed by atoms with Crippen LogP contribution in [0.4, 0.5) is 5.69 Å². The lowest BCUT2D eigenvalue weighted by atomic mass is 10.2. The van der Waals surface area contributed by atoms with Crippen molar-refractivity contribution in [2.24, 2.45) is 0 Å². The van der Waals surface area contributed by atoms with Gasteiger partial charge in [0.05, 0.1) is 11.0 Å². The van der Waals surface area contributed by atoms with E-state index in [2.05, 4.69) is 10.4 Å². The summed E-state index contributed by atoms with van der Waals surface area (Å²) in [4.78, 5) is 25.5. The molecule has 8 heteroatoms. The molecule has 0 aliphatic carbocycles. The monoisotopic (exact) mass is 348 g/mol. The number of ether oxygens (including phenoxy) is 1. The number of carbonyl (C=O) groups excluding carboxylic acids is 1. The van der Waals surface area contributed by atoms with Gasteiger partial charge < -0.3 is 15.8 Å². The van der Waals surface area contributed by atoms with Crippen LogP contribution < -0.4 is 16.6 Å². The highest BCUT2D eigenvalue weighted by Gasteiger charge is 2.22. The number of nitrogens with two attached hydrogens (primary N) is 1. The summed E-state index contributed by atoms with van der Waals surface area (Å²) in [6.07, 6.45) is 2.00. The molecule has 128 valence electrons. The standard InChI is InChI=1S/C16H20N4O3S/c1-10(15(21)18-9-11-4-2-6-23-11)20-16(22)12(17)8-13(19-20)14-5-3-7-24-14/h3,5,7-8,10-11H,2,4,6,9,17H2,1H3,(H,18,21). The molecule has 0 spiro atoms. The van der Waals surface area contributed by atoms with Gasteiger partial charge in [-0.3, -0.25) is 9.59 Å². The van der Waals surface area contributed by atoms with Gasteiger partial charge in [-0.15, -0.1) is 11.3 Å². The lowest BCUT2D eigenvalue weighted by Gasteiger charge is -2.17. The maximum Gasteiger partial charge on any atom is 0.290 e. The molecule has 2 unspecified atom stereocenters. The molecule has 1 aliphatic rings. The van der Waals surface area contributed by atoms with Crippen molar-refractivity contribution in [3.63, 3.8) is 0 Å². The molecule has 1 saturated heterocycles. The Morgan fingerprint density at radius 3 is 3.12 bits per heavy atom. The third kappa shape index (κ3) is 3.49.